The molecule has 3 aromatic rings. The molecule has 3 aromatic carbocycles. The number of amides is 2. The molecular weight excluding hydrogens is 519 g/mol. The minimum atomic E-state index is -0.233. The standard InChI is InChI=1S/C25H23IN2O2S/c1-2-23(25(30)28-20-14-12-19(26)13-15-20)31-22-10-6-9-21(17-22)27-24(29)16-11-18-7-4-3-5-8-18/h3-17,23H,2H2,1H3,(H,27,29)(H,28,30)/b16-11+. The van der Waals surface area contributed by atoms with Crippen molar-refractivity contribution in [2.45, 2.75) is 23.5 Å². The van der Waals surface area contributed by atoms with E-state index in [1.807, 2.05) is 85.8 Å². The molecule has 1 atom stereocenters. The maximum atomic E-state index is 12.7. The normalized spacial score (nSPS) is 11.8. The Morgan fingerprint density at radius 2 is 1.68 bits per heavy atom. The zero-order valence-corrected chi connectivity index (χ0v) is 20.0. The topological polar surface area (TPSA) is 58.2 Å². The molecule has 0 spiro atoms. The van der Waals surface area contributed by atoms with Gasteiger partial charge in [0.25, 0.3) is 0 Å². The molecule has 4 nitrogen and oxygen atoms in total. The second-order valence-electron chi connectivity index (χ2n) is 6.77. The third-order valence-electron chi connectivity index (χ3n) is 4.38. The highest BCUT2D eigenvalue weighted by atomic mass is 127. The van der Waals surface area contributed by atoms with Crippen LogP contribution in [0, 0.1) is 3.57 Å². The lowest BCUT2D eigenvalue weighted by Crippen LogP contribution is -2.24. The molecule has 3 rings (SSSR count). The van der Waals surface area contributed by atoms with E-state index in [1.165, 1.54) is 17.8 Å². The molecule has 1 unspecified atom stereocenters. The van der Waals surface area contributed by atoms with Crippen molar-refractivity contribution in [2.24, 2.45) is 0 Å². The number of nitrogens with one attached hydrogen (secondary N) is 2. The van der Waals surface area contributed by atoms with Gasteiger partial charge in [-0.25, -0.2) is 0 Å². The molecule has 2 N–H and O–H groups in total. The lowest BCUT2D eigenvalue weighted by Gasteiger charge is -2.15. The van der Waals surface area contributed by atoms with Gasteiger partial charge in [-0.05, 0) is 83.1 Å². The van der Waals surface area contributed by atoms with Crippen molar-refractivity contribution in [1.29, 1.82) is 0 Å². The van der Waals surface area contributed by atoms with Crippen molar-refractivity contribution in [1.82, 2.24) is 0 Å². The number of carbonyl (C=O) groups excluding carboxylic acids is 2. The second kappa shape index (κ2) is 11.7. The van der Waals surface area contributed by atoms with Crippen LogP contribution in [0.25, 0.3) is 6.08 Å². The minimum absolute atomic E-state index is 0.0334. The van der Waals surface area contributed by atoms with Crippen LogP contribution in [0.4, 0.5) is 11.4 Å². The summed E-state index contributed by atoms with van der Waals surface area (Å²) in [4.78, 5) is 25.9. The van der Waals surface area contributed by atoms with Gasteiger partial charge in [-0.2, -0.15) is 0 Å². The van der Waals surface area contributed by atoms with Crippen molar-refractivity contribution >= 4 is 63.6 Å². The molecule has 31 heavy (non-hydrogen) atoms. The van der Waals surface area contributed by atoms with E-state index >= 15 is 0 Å². The Balaban J connectivity index is 1.60. The summed E-state index contributed by atoms with van der Waals surface area (Å²) in [6.07, 6.45) is 3.98. The molecule has 0 saturated heterocycles. The highest BCUT2D eigenvalue weighted by molar-refractivity contribution is 14.1. The Morgan fingerprint density at radius 1 is 0.935 bits per heavy atom. The predicted molar refractivity (Wildman–Crippen MR) is 138 cm³/mol. The summed E-state index contributed by atoms with van der Waals surface area (Å²) >= 11 is 3.72. The molecule has 0 saturated carbocycles. The van der Waals surface area contributed by atoms with Gasteiger partial charge in [0.1, 0.15) is 0 Å². The molecular formula is C25H23IN2O2S. The molecule has 0 aromatic heterocycles. The first-order valence-corrected chi connectivity index (χ1v) is 11.9. The number of rotatable bonds is 8. The van der Waals surface area contributed by atoms with Crippen LogP contribution in [0.1, 0.15) is 18.9 Å². The van der Waals surface area contributed by atoms with Crippen LogP contribution in [0.5, 0.6) is 0 Å². The average Bonchev–Trinajstić information content (AvgIpc) is 2.78. The monoisotopic (exact) mass is 542 g/mol. The summed E-state index contributed by atoms with van der Waals surface area (Å²) in [6.45, 7) is 1.99. The molecule has 0 aliphatic carbocycles. The van der Waals surface area contributed by atoms with E-state index in [0.717, 1.165) is 19.7 Å². The summed E-state index contributed by atoms with van der Waals surface area (Å²) in [5.74, 6) is -0.233. The fraction of sp³-hybridized carbons (Fsp3) is 0.120. The quantitative estimate of drug-likeness (QED) is 0.195. The Bertz CT molecular complexity index is 1050. The average molecular weight is 542 g/mol. The third-order valence-corrected chi connectivity index (χ3v) is 6.46. The molecule has 0 aliphatic heterocycles. The third kappa shape index (κ3) is 7.56. The number of benzene rings is 3. The summed E-state index contributed by atoms with van der Waals surface area (Å²) < 4.78 is 1.12. The van der Waals surface area contributed by atoms with E-state index < -0.39 is 0 Å². The second-order valence-corrected chi connectivity index (χ2v) is 9.29. The maximum absolute atomic E-state index is 12.7. The van der Waals surface area contributed by atoms with Crippen molar-refractivity contribution in [3.8, 4) is 0 Å². The zero-order chi connectivity index (χ0) is 22.1. The first-order valence-electron chi connectivity index (χ1n) is 9.91. The van der Waals surface area contributed by atoms with Gasteiger partial charge in [-0.1, -0.05) is 43.3 Å². The number of anilines is 2. The van der Waals surface area contributed by atoms with Crippen molar-refractivity contribution in [3.05, 3.63) is 94.1 Å². The summed E-state index contributed by atoms with van der Waals surface area (Å²) in [5.41, 5.74) is 2.45. The van der Waals surface area contributed by atoms with Crippen LogP contribution >= 0.6 is 34.4 Å². The van der Waals surface area contributed by atoms with Gasteiger partial charge in [-0.15, -0.1) is 11.8 Å². The Hall–Kier alpha value is -2.58. The maximum Gasteiger partial charge on any atom is 0.248 e. The van der Waals surface area contributed by atoms with Crippen molar-refractivity contribution in [3.63, 3.8) is 0 Å². The smallest absolute Gasteiger partial charge is 0.248 e. The van der Waals surface area contributed by atoms with Crippen molar-refractivity contribution < 1.29 is 9.59 Å². The van der Waals surface area contributed by atoms with Crippen LogP contribution in [-0.4, -0.2) is 17.1 Å². The number of carbonyl (C=O) groups is 2. The van der Waals surface area contributed by atoms with E-state index in [2.05, 4.69) is 33.2 Å². The van der Waals surface area contributed by atoms with E-state index in [4.69, 9.17) is 0 Å². The van der Waals surface area contributed by atoms with Crippen LogP contribution in [-0.2, 0) is 9.59 Å². The number of hydrogen-bond acceptors (Lipinski definition) is 3. The number of halogens is 1. The molecule has 0 radical (unpaired) electrons. The predicted octanol–water partition coefficient (Wildman–Crippen LogP) is 6.45. The number of thioether (sulfide) groups is 1. The van der Waals surface area contributed by atoms with Gasteiger partial charge >= 0.3 is 0 Å². The highest BCUT2D eigenvalue weighted by Gasteiger charge is 2.18. The molecule has 0 aliphatic rings. The van der Waals surface area contributed by atoms with Gasteiger partial charge in [0, 0.05) is 25.9 Å². The Labute approximate surface area is 200 Å². The van der Waals surface area contributed by atoms with Gasteiger partial charge in [-0.3, -0.25) is 9.59 Å². The largest absolute Gasteiger partial charge is 0.325 e. The molecule has 0 bridgehead atoms. The molecule has 2 amide bonds. The summed E-state index contributed by atoms with van der Waals surface area (Å²) in [5, 5.41) is 5.62. The molecule has 0 fully saturated rings. The minimum Gasteiger partial charge on any atom is -0.325 e. The zero-order valence-electron chi connectivity index (χ0n) is 17.0. The Kier molecular flexibility index (Phi) is 8.73. The van der Waals surface area contributed by atoms with Crippen LogP contribution < -0.4 is 10.6 Å². The molecule has 6 heteroatoms. The van der Waals surface area contributed by atoms with Crippen LogP contribution in [0.2, 0.25) is 0 Å². The van der Waals surface area contributed by atoms with Crippen molar-refractivity contribution in [2.75, 3.05) is 10.6 Å². The van der Waals surface area contributed by atoms with Crippen LogP contribution in [0.15, 0.2) is 89.8 Å². The molecule has 158 valence electrons. The lowest BCUT2D eigenvalue weighted by atomic mass is 10.2. The van der Waals surface area contributed by atoms with Gasteiger partial charge in [0.15, 0.2) is 0 Å². The van der Waals surface area contributed by atoms with Gasteiger partial charge in [0.05, 0.1) is 5.25 Å². The number of hydrogen-bond donors (Lipinski definition) is 2. The van der Waals surface area contributed by atoms with E-state index in [9.17, 15) is 9.59 Å². The fourth-order valence-electron chi connectivity index (χ4n) is 2.81. The van der Waals surface area contributed by atoms with Gasteiger partial charge in [0.2, 0.25) is 11.8 Å². The first kappa shape index (κ1) is 23.1. The first-order chi connectivity index (χ1) is 15.0. The lowest BCUT2D eigenvalue weighted by molar-refractivity contribution is -0.115. The summed E-state index contributed by atoms with van der Waals surface area (Å²) in [7, 11) is 0. The van der Waals surface area contributed by atoms with E-state index in [0.29, 0.717) is 12.1 Å². The van der Waals surface area contributed by atoms with E-state index in [1.54, 1.807) is 6.08 Å². The van der Waals surface area contributed by atoms with Gasteiger partial charge < -0.3 is 10.6 Å². The van der Waals surface area contributed by atoms with E-state index in [-0.39, 0.29) is 17.1 Å². The molecule has 0 heterocycles. The van der Waals surface area contributed by atoms with Crippen LogP contribution in [0.3, 0.4) is 0 Å². The SMILES string of the molecule is CCC(Sc1cccc(NC(=O)/C=C/c2ccccc2)c1)C(=O)Nc1ccc(I)cc1. The summed E-state index contributed by atoms with van der Waals surface area (Å²) in [6, 6.07) is 24.9. The fourth-order valence-corrected chi connectivity index (χ4v) is 4.18. The highest BCUT2D eigenvalue weighted by Crippen LogP contribution is 2.28. The Morgan fingerprint density at radius 3 is 2.39 bits per heavy atom.